The van der Waals surface area contributed by atoms with Crippen LogP contribution in [0.25, 0.3) is 0 Å². The molecule has 1 atom stereocenters. The molecule has 4 heteroatoms. The minimum absolute atomic E-state index is 0.0504. The maximum absolute atomic E-state index is 12.4. The molecule has 0 spiro atoms. The van der Waals surface area contributed by atoms with Gasteiger partial charge in [0.25, 0.3) is 5.91 Å². The van der Waals surface area contributed by atoms with Gasteiger partial charge < -0.3 is 10.4 Å². The number of hydrogen-bond donors (Lipinski definition) is 2. The first-order valence-electron chi connectivity index (χ1n) is 7.44. The second kappa shape index (κ2) is 8.61. The monoisotopic (exact) mass is 315 g/mol. The van der Waals surface area contributed by atoms with Crippen LogP contribution in [0.3, 0.4) is 0 Å². The van der Waals surface area contributed by atoms with Crippen LogP contribution in [0.5, 0.6) is 0 Å². The Kier molecular flexibility index (Phi) is 6.49. The maximum Gasteiger partial charge on any atom is 0.252 e. The standard InChI is InChI=1S/C18H21NO2S/c1-14(8-7-13-20)19-18(21)16-11-5-6-12-17(16)22-15-9-3-2-4-10-15/h2-6,9-12,14,20H,7-8,13H2,1H3,(H,19,21). The number of hydrogen-bond acceptors (Lipinski definition) is 3. The van der Waals surface area contributed by atoms with Crippen LogP contribution in [-0.2, 0) is 0 Å². The Morgan fingerprint density at radius 1 is 1.14 bits per heavy atom. The zero-order valence-corrected chi connectivity index (χ0v) is 13.5. The van der Waals surface area contributed by atoms with Gasteiger partial charge in [0.2, 0.25) is 0 Å². The number of aliphatic hydroxyl groups excluding tert-OH is 1. The van der Waals surface area contributed by atoms with Crippen LogP contribution in [0.4, 0.5) is 0 Å². The first kappa shape index (κ1) is 16.6. The van der Waals surface area contributed by atoms with Gasteiger partial charge in [-0.3, -0.25) is 4.79 Å². The Labute approximate surface area is 135 Å². The van der Waals surface area contributed by atoms with Gasteiger partial charge in [0.05, 0.1) is 5.56 Å². The lowest BCUT2D eigenvalue weighted by molar-refractivity contribution is 0.0933. The van der Waals surface area contributed by atoms with E-state index in [1.807, 2.05) is 61.5 Å². The molecule has 0 heterocycles. The fourth-order valence-corrected chi connectivity index (χ4v) is 3.09. The number of rotatable bonds is 7. The molecule has 22 heavy (non-hydrogen) atoms. The van der Waals surface area contributed by atoms with Gasteiger partial charge in [-0.2, -0.15) is 0 Å². The van der Waals surface area contributed by atoms with Crippen molar-refractivity contribution in [2.24, 2.45) is 0 Å². The minimum Gasteiger partial charge on any atom is -0.396 e. The molecule has 2 rings (SSSR count). The van der Waals surface area contributed by atoms with Gasteiger partial charge >= 0.3 is 0 Å². The number of amides is 1. The Balaban J connectivity index is 2.09. The average Bonchev–Trinajstić information content (AvgIpc) is 2.54. The van der Waals surface area contributed by atoms with Crippen molar-refractivity contribution in [3.05, 3.63) is 60.2 Å². The van der Waals surface area contributed by atoms with Crippen LogP contribution in [-0.4, -0.2) is 23.7 Å². The molecule has 2 N–H and O–H groups in total. The van der Waals surface area contributed by atoms with Gasteiger partial charge in [0, 0.05) is 22.4 Å². The molecular formula is C18H21NO2S. The minimum atomic E-state index is -0.0653. The Morgan fingerprint density at radius 2 is 1.82 bits per heavy atom. The third-order valence-corrected chi connectivity index (χ3v) is 4.36. The van der Waals surface area contributed by atoms with E-state index in [9.17, 15) is 4.79 Å². The third-order valence-electron chi connectivity index (χ3n) is 3.28. The molecule has 2 aromatic rings. The van der Waals surface area contributed by atoms with Gasteiger partial charge in [-0.25, -0.2) is 0 Å². The van der Waals surface area contributed by atoms with Crippen molar-refractivity contribution < 1.29 is 9.90 Å². The number of carbonyl (C=O) groups excluding carboxylic acids is 1. The summed E-state index contributed by atoms with van der Waals surface area (Å²) in [5.74, 6) is -0.0653. The van der Waals surface area contributed by atoms with E-state index in [4.69, 9.17) is 5.11 Å². The molecule has 3 nitrogen and oxygen atoms in total. The van der Waals surface area contributed by atoms with Crippen molar-refractivity contribution in [2.75, 3.05) is 6.61 Å². The first-order valence-corrected chi connectivity index (χ1v) is 8.26. The highest BCUT2D eigenvalue weighted by atomic mass is 32.2. The van der Waals surface area contributed by atoms with Crippen molar-refractivity contribution in [3.8, 4) is 0 Å². The van der Waals surface area contributed by atoms with Crippen LogP contribution >= 0.6 is 11.8 Å². The lowest BCUT2D eigenvalue weighted by Gasteiger charge is -2.15. The lowest BCUT2D eigenvalue weighted by atomic mass is 10.1. The Hall–Kier alpha value is -1.78. The molecule has 0 aliphatic rings. The van der Waals surface area contributed by atoms with Gasteiger partial charge in [-0.1, -0.05) is 42.1 Å². The average molecular weight is 315 g/mol. The second-order valence-corrected chi connectivity index (χ2v) is 6.27. The third kappa shape index (κ3) is 4.90. The van der Waals surface area contributed by atoms with Crippen LogP contribution in [0, 0.1) is 0 Å². The van der Waals surface area contributed by atoms with E-state index < -0.39 is 0 Å². The van der Waals surface area contributed by atoms with Crippen molar-refractivity contribution in [3.63, 3.8) is 0 Å². The molecule has 0 fully saturated rings. The molecule has 1 amide bonds. The fraction of sp³-hybridized carbons (Fsp3) is 0.278. The summed E-state index contributed by atoms with van der Waals surface area (Å²) in [6.07, 6.45) is 1.47. The Bertz CT molecular complexity index is 601. The molecule has 0 aliphatic carbocycles. The zero-order valence-electron chi connectivity index (χ0n) is 12.7. The normalized spacial score (nSPS) is 11.9. The summed E-state index contributed by atoms with van der Waals surface area (Å²) in [4.78, 5) is 14.5. The summed E-state index contributed by atoms with van der Waals surface area (Å²) in [6.45, 7) is 2.11. The van der Waals surface area contributed by atoms with Crippen molar-refractivity contribution in [1.82, 2.24) is 5.32 Å². The van der Waals surface area contributed by atoms with Gasteiger partial charge in [-0.05, 0) is 44.0 Å². The van der Waals surface area contributed by atoms with Gasteiger partial charge in [-0.15, -0.1) is 0 Å². The summed E-state index contributed by atoms with van der Waals surface area (Å²) in [5, 5.41) is 11.9. The summed E-state index contributed by atoms with van der Waals surface area (Å²) in [7, 11) is 0. The summed E-state index contributed by atoms with van der Waals surface area (Å²) >= 11 is 1.59. The second-order valence-electron chi connectivity index (χ2n) is 5.15. The fourth-order valence-electron chi connectivity index (χ4n) is 2.13. The molecule has 1 unspecified atom stereocenters. The Morgan fingerprint density at radius 3 is 2.55 bits per heavy atom. The predicted molar refractivity (Wildman–Crippen MR) is 90.3 cm³/mol. The predicted octanol–water partition coefficient (Wildman–Crippen LogP) is 3.73. The van der Waals surface area contributed by atoms with E-state index in [2.05, 4.69) is 5.32 Å². The highest BCUT2D eigenvalue weighted by molar-refractivity contribution is 7.99. The quantitative estimate of drug-likeness (QED) is 0.818. The smallest absolute Gasteiger partial charge is 0.252 e. The topological polar surface area (TPSA) is 49.3 Å². The number of nitrogens with one attached hydrogen (secondary N) is 1. The molecule has 0 aromatic heterocycles. The molecule has 2 aromatic carbocycles. The lowest BCUT2D eigenvalue weighted by Crippen LogP contribution is -2.32. The summed E-state index contributed by atoms with van der Waals surface area (Å²) < 4.78 is 0. The SMILES string of the molecule is CC(CCCO)NC(=O)c1ccccc1Sc1ccccc1. The van der Waals surface area contributed by atoms with Crippen LogP contribution < -0.4 is 5.32 Å². The zero-order chi connectivity index (χ0) is 15.8. The summed E-state index contributed by atoms with van der Waals surface area (Å²) in [6, 6.07) is 17.7. The largest absolute Gasteiger partial charge is 0.396 e. The van der Waals surface area contributed by atoms with Gasteiger partial charge in [0.15, 0.2) is 0 Å². The van der Waals surface area contributed by atoms with Crippen LogP contribution in [0.15, 0.2) is 64.4 Å². The van der Waals surface area contributed by atoms with Crippen molar-refractivity contribution in [1.29, 1.82) is 0 Å². The van der Waals surface area contributed by atoms with Gasteiger partial charge in [0.1, 0.15) is 0 Å². The first-order chi connectivity index (χ1) is 10.7. The highest BCUT2D eigenvalue weighted by Gasteiger charge is 2.14. The molecule has 0 aliphatic heterocycles. The van der Waals surface area contributed by atoms with Crippen LogP contribution in [0.2, 0.25) is 0 Å². The molecule has 0 bridgehead atoms. The highest BCUT2D eigenvalue weighted by Crippen LogP contribution is 2.30. The molecule has 0 saturated carbocycles. The number of aliphatic hydroxyl groups is 1. The van der Waals surface area contributed by atoms with E-state index in [0.717, 1.165) is 16.2 Å². The van der Waals surface area contributed by atoms with Crippen LogP contribution in [0.1, 0.15) is 30.1 Å². The molecule has 116 valence electrons. The number of carbonyl (C=O) groups is 1. The van der Waals surface area contributed by atoms with E-state index in [0.29, 0.717) is 12.0 Å². The molecular weight excluding hydrogens is 294 g/mol. The van der Waals surface area contributed by atoms with E-state index in [1.165, 1.54) is 0 Å². The number of benzene rings is 2. The molecule has 0 radical (unpaired) electrons. The van der Waals surface area contributed by atoms with E-state index in [-0.39, 0.29) is 18.6 Å². The molecule has 0 saturated heterocycles. The maximum atomic E-state index is 12.4. The summed E-state index contributed by atoms with van der Waals surface area (Å²) in [5.41, 5.74) is 0.687. The van der Waals surface area contributed by atoms with Crippen molar-refractivity contribution >= 4 is 17.7 Å². The van der Waals surface area contributed by atoms with E-state index in [1.54, 1.807) is 11.8 Å². The van der Waals surface area contributed by atoms with Crippen molar-refractivity contribution in [2.45, 2.75) is 35.6 Å². The van der Waals surface area contributed by atoms with E-state index >= 15 is 0 Å².